The minimum atomic E-state index is 0.694. The van der Waals surface area contributed by atoms with Crippen LogP contribution in [0.3, 0.4) is 0 Å². The summed E-state index contributed by atoms with van der Waals surface area (Å²) < 4.78 is 0. The molecule has 0 radical (unpaired) electrons. The van der Waals surface area contributed by atoms with Crippen molar-refractivity contribution < 1.29 is 0 Å². The second-order valence-corrected chi connectivity index (χ2v) is 6.91. The molecule has 1 aliphatic heterocycles. The molecular weight excluding hydrogens is 242 g/mol. The number of thiazole rings is 1. The molecule has 1 atom stereocenters. The van der Waals surface area contributed by atoms with Gasteiger partial charge in [-0.2, -0.15) is 0 Å². The van der Waals surface area contributed by atoms with Gasteiger partial charge in [-0.05, 0) is 53.1 Å². The van der Waals surface area contributed by atoms with Gasteiger partial charge >= 0.3 is 0 Å². The Bertz CT molecular complexity index is 367. The normalized spacial score (nSPS) is 21.1. The van der Waals surface area contributed by atoms with Crippen LogP contribution in [-0.2, 0) is 6.54 Å². The summed E-state index contributed by atoms with van der Waals surface area (Å²) in [6.45, 7) is 13.4. The number of rotatable bonds is 5. The number of nitrogens with one attached hydrogen (secondary N) is 1. The molecule has 102 valence electrons. The van der Waals surface area contributed by atoms with Crippen molar-refractivity contribution in [1.82, 2.24) is 15.2 Å². The molecule has 18 heavy (non-hydrogen) atoms. The van der Waals surface area contributed by atoms with Gasteiger partial charge in [0.1, 0.15) is 5.01 Å². The molecule has 0 saturated carbocycles. The molecule has 1 aliphatic rings. The van der Waals surface area contributed by atoms with Gasteiger partial charge in [-0.1, -0.05) is 0 Å². The summed E-state index contributed by atoms with van der Waals surface area (Å²) in [5.41, 5.74) is 1.18. The van der Waals surface area contributed by atoms with Gasteiger partial charge in [0.15, 0.2) is 0 Å². The Morgan fingerprint density at radius 1 is 1.44 bits per heavy atom. The Hall–Kier alpha value is -0.450. The van der Waals surface area contributed by atoms with Crippen LogP contribution in [0, 0.1) is 19.8 Å². The molecule has 1 fully saturated rings. The van der Waals surface area contributed by atoms with Crippen LogP contribution in [0.25, 0.3) is 0 Å². The highest BCUT2D eigenvalue weighted by atomic mass is 32.1. The Morgan fingerprint density at radius 2 is 2.22 bits per heavy atom. The standard InChI is InChI=1S/C14H25N3S/c1-10(2)17-6-5-13(9-17)7-15-8-14-16-11(3)12(4)18-14/h10,13,15H,5-9H2,1-4H3. The molecule has 0 aliphatic carbocycles. The van der Waals surface area contributed by atoms with Gasteiger partial charge < -0.3 is 10.2 Å². The van der Waals surface area contributed by atoms with Gasteiger partial charge in [-0.25, -0.2) is 4.98 Å². The summed E-state index contributed by atoms with van der Waals surface area (Å²) in [5.74, 6) is 0.814. The van der Waals surface area contributed by atoms with E-state index >= 15 is 0 Å². The lowest BCUT2D eigenvalue weighted by Crippen LogP contribution is -2.30. The molecule has 4 heteroatoms. The molecule has 0 aromatic carbocycles. The molecule has 1 N–H and O–H groups in total. The second kappa shape index (κ2) is 6.13. The van der Waals surface area contributed by atoms with E-state index < -0.39 is 0 Å². The first-order valence-electron chi connectivity index (χ1n) is 6.94. The van der Waals surface area contributed by atoms with E-state index in [4.69, 9.17) is 0 Å². The molecule has 1 saturated heterocycles. The van der Waals surface area contributed by atoms with Crippen molar-refractivity contribution in [3.8, 4) is 0 Å². The first-order chi connectivity index (χ1) is 8.56. The minimum absolute atomic E-state index is 0.694. The zero-order valence-corrected chi connectivity index (χ0v) is 12.8. The van der Waals surface area contributed by atoms with Crippen LogP contribution < -0.4 is 5.32 Å². The monoisotopic (exact) mass is 267 g/mol. The SMILES string of the molecule is Cc1nc(CNCC2CCN(C(C)C)C2)sc1C. The number of hydrogen-bond acceptors (Lipinski definition) is 4. The molecule has 1 unspecified atom stereocenters. The van der Waals surface area contributed by atoms with Crippen molar-refractivity contribution >= 4 is 11.3 Å². The van der Waals surface area contributed by atoms with Crippen molar-refractivity contribution in [2.75, 3.05) is 19.6 Å². The smallest absolute Gasteiger partial charge is 0.107 e. The zero-order valence-electron chi connectivity index (χ0n) is 12.0. The number of nitrogens with zero attached hydrogens (tertiary/aromatic N) is 2. The van der Waals surface area contributed by atoms with Crippen molar-refractivity contribution in [1.29, 1.82) is 0 Å². The predicted molar refractivity (Wildman–Crippen MR) is 78.1 cm³/mol. The maximum atomic E-state index is 4.56. The quantitative estimate of drug-likeness (QED) is 0.889. The van der Waals surface area contributed by atoms with Crippen LogP contribution in [0.1, 0.15) is 35.8 Å². The van der Waals surface area contributed by atoms with Crippen LogP contribution in [0.5, 0.6) is 0 Å². The molecule has 1 aromatic heterocycles. The van der Waals surface area contributed by atoms with E-state index in [-0.39, 0.29) is 0 Å². The van der Waals surface area contributed by atoms with Crippen LogP contribution in [0.4, 0.5) is 0 Å². The van der Waals surface area contributed by atoms with Gasteiger partial charge in [0.2, 0.25) is 0 Å². The third-order valence-corrected chi connectivity index (χ3v) is 4.90. The lowest BCUT2D eigenvalue weighted by atomic mass is 10.1. The number of aryl methyl sites for hydroxylation is 2. The van der Waals surface area contributed by atoms with Gasteiger partial charge in [0, 0.05) is 24.0 Å². The van der Waals surface area contributed by atoms with E-state index in [1.165, 1.54) is 35.1 Å². The maximum absolute atomic E-state index is 4.56. The van der Waals surface area contributed by atoms with E-state index in [2.05, 4.69) is 42.9 Å². The fourth-order valence-corrected chi connectivity index (χ4v) is 3.40. The van der Waals surface area contributed by atoms with Crippen LogP contribution in [0.2, 0.25) is 0 Å². The Morgan fingerprint density at radius 3 is 2.78 bits per heavy atom. The molecule has 3 nitrogen and oxygen atoms in total. The molecule has 2 rings (SSSR count). The number of hydrogen-bond donors (Lipinski definition) is 1. The average molecular weight is 267 g/mol. The van der Waals surface area contributed by atoms with E-state index in [1.807, 2.05) is 11.3 Å². The molecule has 1 aromatic rings. The van der Waals surface area contributed by atoms with Gasteiger partial charge in [0.25, 0.3) is 0 Å². The Labute approximate surface area is 115 Å². The second-order valence-electron chi connectivity index (χ2n) is 5.62. The summed E-state index contributed by atoms with van der Waals surface area (Å²) >= 11 is 1.82. The van der Waals surface area contributed by atoms with Gasteiger partial charge in [-0.3, -0.25) is 0 Å². The average Bonchev–Trinajstić information content (AvgIpc) is 2.88. The first-order valence-corrected chi connectivity index (χ1v) is 7.75. The maximum Gasteiger partial charge on any atom is 0.107 e. The van der Waals surface area contributed by atoms with Crippen LogP contribution >= 0.6 is 11.3 Å². The summed E-state index contributed by atoms with van der Waals surface area (Å²) in [6.07, 6.45) is 1.33. The van der Waals surface area contributed by atoms with Crippen LogP contribution in [0.15, 0.2) is 0 Å². The fourth-order valence-electron chi connectivity index (χ4n) is 2.50. The zero-order chi connectivity index (χ0) is 13.1. The van der Waals surface area contributed by atoms with E-state index in [1.54, 1.807) is 0 Å². The van der Waals surface area contributed by atoms with Crippen molar-refractivity contribution in [3.05, 3.63) is 15.6 Å². The van der Waals surface area contributed by atoms with E-state index in [9.17, 15) is 0 Å². The minimum Gasteiger partial charge on any atom is -0.310 e. The summed E-state index contributed by atoms with van der Waals surface area (Å²) in [7, 11) is 0. The molecule has 0 bridgehead atoms. The van der Waals surface area contributed by atoms with Gasteiger partial charge in [-0.15, -0.1) is 11.3 Å². The summed E-state index contributed by atoms with van der Waals surface area (Å²) in [5, 5.41) is 4.79. The highest BCUT2D eigenvalue weighted by Gasteiger charge is 2.23. The Kier molecular flexibility index (Phi) is 4.76. The van der Waals surface area contributed by atoms with Crippen molar-refractivity contribution in [3.63, 3.8) is 0 Å². The molecule has 0 amide bonds. The molecular formula is C14H25N3S. The molecule has 2 heterocycles. The Balaban J connectivity index is 1.70. The highest BCUT2D eigenvalue weighted by molar-refractivity contribution is 7.11. The summed E-state index contributed by atoms with van der Waals surface area (Å²) in [6, 6.07) is 0.694. The lowest BCUT2D eigenvalue weighted by Gasteiger charge is -2.20. The van der Waals surface area contributed by atoms with E-state index in [0.29, 0.717) is 6.04 Å². The van der Waals surface area contributed by atoms with Crippen molar-refractivity contribution in [2.24, 2.45) is 5.92 Å². The fraction of sp³-hybridized carbons (Fsp3) is 0.786. The third kappa shape index (κ3) is 3.53. The summed E-state index contributed by atoms with van der Waals surface area (Å²) in [4.78, 5) is 8.48. The lowest BCUT2D eigenvalue weighted by molar-refractivity contribution is 0.264. The topological polar surface area (TPSA) is 28.2 Å². The number of likely N-dealkylation sites (tertiary alicyclic amines) is 1. The largest absolute Gasteiger partial charge is 0.310 e. The van der Waals surface area contributed by atoms with E-state index in [0.717, 1.165) is 19.0 Å². The van der Waals surface area contributed by atoms with Crippen molar-refractivity contribution in [2.45, 2.75) is 46.7 Å². The first kappa shape index (κ1) is 14.0. The number of aromatic nitrogens is 1. The van der Waals surface area contributed by atoms with Gasteiger partial charge in [0.05, 0.1) is 5.69 Å². The van der Waals surface area contributed by atoms with Crippen LogP contribution in [-0.4, -0.2) is 35.6 Å². The highest BCUT2D eigenvalue weighted by Crippen LogP contribution is 2.19. The predicted octanol–water partition coefficient (Wildman–Crippen LogP) is 2.58. The third-order valence-electron chi connectivity index (χ3n) is 3.83. The molecule has 0 spiro atoms.